The van der Waals surface area contributed by atoms with Crippen molar-refractivity contribution >= 4 is 0 Å². The van der Waals surface area contributed by atoms with Crippen LogP contribution in [-0.2, 0) is 0 Å². The number of nitrogens with two attached hydrogens (primary N) is 1. The van der Waals surface area contributed by atoms with Crippen LogP contribution >= 0.6 is 0 Å². The van der Waals surface area contributed by atoms with E-state index in [9.17, 15) is 8.78 Å². The van der Waals surface area contributed by atoms with Crippen molar-refractivity contribution < 1.29 is 8.78 Å². The Labute approximate surface area is 72.3 Å². The van der Waals surface area contributed by atoms with Gasteiger partial charge in [0.25, 0.3) is 5.92 Å². The molecule has 0 aromatic carbocycles. The Morgan fingerprint density at radius 1 is 1.33 bits per heavy atom. The van der Waals surface area contributed by atoms with E-state index in [0.29, 0.717) is 25.8 Å². The molecular weight excluding hydrogens is 160 g/mol. The van der Waals surface area contributed by atoms with Gasteiger partial charge in [-0.05, 0) is 32.2 Å². The van der Waals surface area contributed by atoms with E-state index in [2.05, 4.69) is 0 Å². The van der Waals surface area contributed by atoms with E-state index in [1.165, 1.54) is 0 Å². The van der Waals surface area contributed by atoms with Crippen LogP contribution in [0, 0.1) is 5.92 Å². The quantitative estimate of drug-likeness (QED) is 0.704. The molecule has 0 saturated heterocycles. The standard InChI is InChI=1S/C9H17F2N/c10-9(11)6-2-1-4-8(9)5-3-7-12/h8H,1-7,12H2. The van der Waals surface area contributed by atoms with Gasteiger partial charge >= 0.3 is 0 Å². The second kappa shape index (κ2) is 4.17. The molecule has 2 N–H and O–H groups in total. The number of hydrogen-bond donors (Lipinski definition) is 1. The zero-order valence-corrected chi connectivity index (χ0v) is 7.36. The third kappa shape index (κ3) is 2.41. The lowest BCUT2D eigenvalue weighted by atomic mass is 9.83. The van der Waals surface area contributed by atoms with Crippen molar-refractivity contribution in [1.29, 1.82) is 0 Å². The summed E-state index contributed by atoms with van der Waals surface area (Å²) in [5.41, 5.74) is 5.29. The molecule has 1 rings (SSSR count). The zero-order chi connectivity index (χ0) is 9.03. The fraction of sp³-hybridized carbons (Fsp3) is 1.00. The molecule has 1 fully saturated rings. The topological polar surface area (TPSA) is 26.0 Å². The third-order valence-corrected chi connectivity index (χ3v) is 2.67. The van der Waals surface area contributed by atoms with Gasteiger partial charge in [-0.25, -0.2) is 8.78 Å². The highest BCUT2D eigenvalue weighted by molar-refractivity contribution is 4.81. The average Bonchev–Trinajstić information content (AvgIpc) is 2.02. The van der Waals surface area contributed by atoms with Crippen molar-refractivity contribution in [2.75, 3.05) is 6.54 Å². The Bertz CT molecular complexity index is 136. The van der Waals surface area contributed by atoms with Gasteiger partial charge in [0.05, 0.1) is 0 Å². The molecule has 1 nitrogen and oxygen atoms in total. The highest BCUT2D eigenvalue weighted by Crippen LogP contribution is 2.40. The van der Waals surface area contributed by atoms with Gasteiger partial charge in [-0.1, -0.05) is 6.42 Å². The fourth-order valence-electron chi connectivity index (χ4n) is 1.89. The van der Waals surface area contributed by atoms with Crippen molar-refractivity contribution in [3.05, 3.63) is 0 Å². The van der Waals surface area contributed by atoms with E-state index in [1.54, 1.807) is 0 Å². The van der Waals surface area contributed by atoms with E-state index in [0.717, 1.165) is 12.8 Å². The van der Waals surface area contributed by atoms with Gasteiger partial charge in [-0.15, -0.1) is 0 Å². The lowest BCUT2D eigenvalue weighted by Gasteiger charge is -2.31. The molecule has 0 aromatic heterocycles. The molecule has 72 valence electrons. The van der Waals surface area contributed by atoms with Crippen LogP contribution in [-0.4, -0.2) is 12.5 Å². The van der Waals surface area contributed by atoms with Gasteiger partial charge in [0.1, 0.15) is 0 Å². The van der Waals surface area contributed by atoms with E-state index in [1.807, 2.05) is 0 Å². The Morgan fingerprint density at radius 3 is 2.67 bits per heavy atom. The minimum absolute atomic E-state index is 0.0856. The van der Waals surface area contributed by atoms with Gasteiger partial charge < -0.3 is 5.73 Å². The van der Waals surface area contributed by atoms with Crippen LogP contribution in [0.5, 0.6) is 0 Å². The molecule has 0 aromatic rings. The predicted octanol–water partition coefficient (Wildman–Crippen LogP) is 2.55. The molecular formula is C9H17F2N. The molecule has 12 heavy (non-hydrogen) atoms. The summed E-state index contributed by atoms with van der Waals surface area (Å²) < 4.78 is 26.3. The Hall–Kier alpha value is -0.180. The summed E-state index contributed by atoms with van der Waals surface area (Å²) in [7, 11) is 0. The number of rotatable bonds is 3. The first-order chi connectivity index (χ1) is 5.67. The van der Waals surface area contributed by atoms with E-state index in [4.69, 9.17) is 5.73 Å². The van der Waals surface area contributed by atoms with Crippen LogP contribution in [0.3, 0.4) is 0 Å². The van der Waals surface area contributed by atoms with Crippen molar-refractivity contribution in [3.8, 4) is 0 Å². The van der Waals surface area contributed by atoms with Crippen LogP contribution in [0.25, 0.3) is 0 Å². The maximum Gasteiger partial charge on any atom is 0.250 e. The van der Waals surface area contributed by atoms with Crippen LogP contribution in [0.1, 0.15) is 38.5 Å². The maximum absolute atomic E-state index is 13.2. The summed E-state index contributed by atoms with van der Waals surface area (Å²) >= 11 is 0. The average molecular weight is 177 g/mol. The largest absolute Gasteiger partial charge is 0.330 e. The molecule has 0 aliphatic heterocycles. The van der Waals surface area contributed by atoms with Crippen LogP contribution in [0.15, 0.2) is 0 Å². The summed E-state index contributed by atoms with van der Waals surface area (Å²) in [5, 5.41) is 0. The Morgan fingerprint density at radius 2 is 2.08 bits per heavy atom. The monoisotopic (exact) mass is 177 g/mol. The second-order valence-corrected chi connectivity index (χ2v) is 3.63. The molecule has 1 unspecified atom stereocenters. The summed E-state index contributed by atoms with van der Waals surface area (Å²) in [6, 6.07) is 0. The summed E-state index contributed by atoms with van der Waals surface area (Å²) in [6.45, 7) is 0.534. The summed E-state index contributed by atoms with van der Waals surface area (Å²) in [5.74, 6) is -2.80. The third-order valence-electron chi connectivity index (χ3n) is 2.67. The highest BCUT2D eigenvalue weighted by Gasteiger charge is 2.40. The van der Waals surface area contributed by atoms with E-state index >= 15 is 0 Å². The minimum Gasteiger partial charge on any atom is -0.330 e. The molecule has 1 atom stereocenters. The Balaban J connectivity index is 2.37. The number of hydrogen-bond acceptors (Lipinski definition) is 1. The van der Waals surface area contributed by atoms with Gasteiger partial charge in [-0.2, -0.15) is 0 Å². The first-order valence-corrected chi connectivity index (χ1v) is 4.74. The zero-order valence-electron chi connectivity index (χ0n) is 7.36. The Kier molecular flexibility index (Phi) is 3.44. The molecule has 0 heterocycles. The fourth-order valence-corrected chi connectivity index (χ4v) is 1.89. The van der Waals surface area contributed by atoms with Crippen LogP contribution in [0.4, 0.5) is 8.78 Å². The van der Waals surface area contributed by atoms with Crippen molar-refractivity contribution in [1.82, 2.24) is 0 Å². The van der Waals surface area contributed by atoms with Gasteiger partial charge in [0.2, 0.25) is 0 Å². The molecule has 0 bridgehead atoms. The van der Waals surface area contributed by atoms with Crippen molar-refractivity contribution in [2.24, 2.45) is 11.7 Å². The SMILES string of the molecule is NCCCC1CCCCC1(F)F. The minimum atomic E-state index is -2.41. The molecule has 1 aliphatic rings. The van der Waals surface area contributed by atoms with E-state index < -0.39 is 11.8 Å². The smallest absolute Gasteiger partial charge is 0.250 e. The van der Waals surface area contributed by atoms with Crippen molar-refractivity contribution in [2.45, 2.75) is 44.4 Å². The van der Waals surface area contributed by atoms with E-state index in [-0.39, 0.29) is 6.42 Å². The molecule has 3 heteroatoms. The van der Waals surface area contributed by atoms with Crippen LogP contribution < -0.4 is 5.73 Å². The lowest BCUT2D eigenvalue weighted by Crippen LogP contribution is -2.32. The maximum atomic E-state index is 13.2. The van der Waals surface area contributed by atoms with Crippen LogP contribution in [0.2, 0.25) is 0 Å². The van der Waals surface area contributed by atoms with Crippen molar-refractivity contribution in [3.63, 3.8) is 0 Å². The van der Waals surface area contributed by atoms with Gasteiger partial charge in [0, 0.05) is 12.3 Å². The predicted molar refractivity (Wildman–Crippen MR) is 45.2 cm³/mol. The molecule has 1 saturated carbocycles. The molecule has 1 aliphatic carbocycles. The summed E-state index contributed by atoms with van der Waals surface area (Å²) in [4.78, 5) is 0. The number of halogens is 2. The summed E-state index contributed by atoms with van der Waals surface area (Å²) in [6.07, 6.45) is 3.76. The number of alkyl halides is 2. The van der Waals surface area contributed by atoms with Gasteiger partial charge in [0.15, 0.2) is 0 Å². The molecule has 0 amide bonds. The second-order valence-electron chi connectivity index (χ2n) is 3.63. The van der Waals surface area contributed by atoms with Gasteiger partial charge in [-0.3, -0.25) is 0 Å². The normalized spacial score (nSPS) is 28.8. The first kappa shape index (κ1) is 9.90. The molecule has 0 radical (unpaired) electrons. The highest BCUT2D eigenvalue weighted by atomic mass is 19.3. The molecule has 0 spiro atoms. The lowest BCUT2D eigenvalue weighted by molar-refractivity contribution is -0.0884. The first-order valence-electron chi connectivity index (χ1n) is 4.74.